The Balaban J connectivity index is 1.31. The van der Waals surface area contributed by atoms with Gasteiger partial charge < -0.3 is 23.9 Å². The molecule has 0 saturated carbocycles. The zero-order valence-electron chi connectivity index (χ0n) is 18.2. The molecule has 1 N–H and O–H groups in total. The lowest BCUT2D eigenvalue weighted by Crippen LogP contribution is -2.48. The van der Waals surface area contributed by atoms with Gasteiger partial charge in [0.05, 0.1) is 22.6 Å². The summed E-state index contributed by atoms with van der Waals surface area (Å²) in [5, 5.41) is 0.605. The second-order valence-corrected chi connectivity index (χ2v) is 8.40. The molecule has 0 atom stereocenters. The van der Waals surface area contributed by atoms with E-state index in [9.17, 15) is 9.59 Å². The number of anilines is 1. The third-order valence-corrected chi connectivity index (χ3v) is 5.86. The van der Waals surface area contributed by atoms with Gasteiger partial charge in [-0.2, -0.15) is 0 Å². The number of carbonyl (C=O) groups excluding carboxylic acids is 1. The normalized spacial score (nSPS) is 14.5. The van der Waals surface area contributed by atoms with Gasteiger partial charge in [-0.3, -0.25) is 9.59 Å². The molecule has 1 amide bonds. The van der Waals surface area contributed by atoms with E-state index in [-0.39, 0.29) is 17.6 Å². The number of amides is 1. The predicted octanol–water partition coefficient (Wildman–Crippen LogP) is 3.53. The second-order valence-electron chi connectivity index (χ2n) is 8.40. The van der Waals surface area contributed by atoms with Crippen LogP contribution in [0.2, 0.25) is 0 Å². The van der Waals surface area contributed by atoms with Crippen molar-refractivity contribution in [3.05, 3.63) is 76.7 Å². The van der Waals surface area contributed by atoms with Gasteiger partial charge in [0.15, 0.2) is 0 Å². The quantitative estimate of drug-likeness (QED) is 0.538. The van der Waals surface area contributed by atoms with Gasteiger partial charge in [-0.1, -0.05) is 12.1 Å². The fourth-order valence-corrected chi connectivity index (χ4v) is 4.29. The van der Waals surface area contributed by atoms with Crippen molar-refractivity contribution < 1.29 is 9.53 Å². The highest BCUT2D eigenvalue weighted by molar-refractivity contribution is 5.96. The minimum atomic E-state index is -0.149. The first-order chi connectivity index (χ1) is 15.5. The fraction of sp³-hybridized carbons (Fsp3) is 0.280. The lowest BCUT2D eigenvalue weighted by atomic mass is 10.2. The number of piperazine rings is 1. The largest absolute Gasteiger partial charge is 0.491 e. The SMILES string of the molecule is CC(C)Oc1ccc(N2CCN(C(=O)c3cc4[nH]c(=O)c5ccccc5n4c3)CC2)cc1. The summed E-state index contributed by atoms with van der Waals surface area (Å²) in [6, 6.07) is 17.3. The highest BCUT2D eigenvalue weighted by Gasteiger charge is 2.23. The predicted molar refractivity (Wildman–Crippen MR) is 126 cm³/mol. The Kier molecular flexibility index (Phi) is 5.09. The summed E-state index contributed by atoms with van der Waals surface area (Å²) in [6.45, 7) is 6.85. The van der Waals surface area contributed by atoms with Gasteiger partial charge >= 0.3 is 0 Å². The summed E-state index contributed by atoms with van der Waals surface area (Å²) in [4.78, 5) is 32.5. The Morgan fingerprint density at radius 2 is 1.72 bits per heavy atom. The smallest absolute Gasteiger partial charge is 0.258 e. The molecule has 0 radical (unpaired) electrons. The van der Waals surface area contributed by atoms with Crippen LogP contribution in [0.3, 0.4) is 0 Å². The van der Waals surface area contributed by atoms with Crippen LogP contribution in [-0.4, -0.2) is 52.5 Å². The van der Waals surface area contributed by atoms with Crippen LogP contribution < -0.4 is 15.2 Å². The van der Waals surface area contributed by atoms with E-state index < -0.39 is 0 Å². The molecular formula is C25H26N4O3. The number of H-pyrrole nitrogens is 1. The molecule has 5 rings (SSSR count). The van der Waals surface area contributed by atoms with Crippen LogP contribution in [0.25, 0.3) is 16.6 Å². The van der Waals surface area contributed by atoms with E-state index in [1.165, 1.54) is 0 Å². The minimum Gasteiger partial charge on any atom is -0.491 e. The van der Waals surface area contributed by atoms with E-state index in [2.05, 4.69) is 22.0 Å². The Labute approximate surface area is 185 Å². The van der Waals surface area contributed by atoms with Crippen molar-refractivity contribution in [1.82, 2.24) is 14.3 Å². The van der Waals surface area contributed by atoms with Crippen molar-refractivity contribution in [3.63, 3.8) is 0 Å². The van der Waals surface area contributed by atoms with Crippen LogP contribution in [0.4, 0.5) is 5.69 Å². The van der Waals surface area contributed by atoms with E-state index in [0.29, 0.717) is 29.7 Å². The number of para-hydroxylation sites is 1. The number of aromatic amines is 1. The highest BCUT2D eigenvalue weighted by atomic mass is 16.5. The van der Waals surface area contributed by atoms with Crippen molar-refractivity contribution in [1.29, 1.82) is 0 Å². The van der Waals surface area contributed by atoms with Crippen LogP contribution in [-0.2, 0) is 0 Å². The summed E-state index contributed by atoms with van der Waals surface area (Å²) in [7, 11) is 0. The highest BCUT2D eigenvalue weighted by Crippen LogP contribution is 2.22. The van der Waals surface area contributed by atoms with Crippen LogP contribution in [0.1, 0.15) is 24.2 Å². The lowest BCUT2D eigenvalue weighted by molar-refractivity contribution is 0.0747. The maximum Gasteiger partial charge on any atom is 0.258 e. The molecule has 1 saturated heterocycles. The minimum absolute atomic E-state index is 0.0149. The number of benzene rings is 2. The average molecular weight is 431 g/mol. The molecule has 3 heterocycles. The molecule has 2 aromatic carbocycles. The van der Waals surface area contributed by atoms with Crippen molar-refractivity contribution in [2.45, 2.75) is 20.0 Å². The summed E-state index contributed by atoms with van der Waals surface area (Å²) in [6.07, 6.45) is 1.97. The zero-order valence-corrected chi connectivity index (χ0v) is 18.2. The van der Waals surface area contributed by atoms with E-state index in [0.717, 1.165) is 30.0 Å². The van der Waals surface area contributed by atoms with Gasteiger partial charge in [0.2, 0.25) is 0 Å². The average Bonchev–Trinajstić information content (AvgIpc) is 3.23. The molecule has 7 heteroatoms. The molecule has 1 aliphatic heterocycles. The molecule has 4 aromatic rings. The number of fused-ring (bicyclic) bond motifs is 3. The number of aromatic nitrogens is 2. The first-order valence-electron chi connectivity index (χ1n) is 10.9. The van der Waals surface area contributed by atoms with E-state index in [4.69, 9.17) is 4.74 Å². The summed E-state index contributed by atoms with van der Waals surface area (Å²) < 4.78 is 7.59. The molecule has 2 aromatic heterocycles. The molecule has 0 spiro atoms. The monoisotopic (exact) mass is 430 g/mol. The van der Waals surface area contributed by atoms with E-state index in [1.807, 2.05) is 59.7 Å². The maximum atomic E-state index is 13.2. The van der Waals surface area contributed by atoms with Gasteiger partial charge in [0, 0.05) is 38.1 Å². The molecule has 0 aliphatic carbocycles. The molecule has 0 bridgehead atoms. The van der Waals surface area contributed by atoms with Crippen LogP contribution in [0.5, 0.6) is 5.75 Å². The van der Waals surface area contributed by atoms with Crippen molar-refractivity contribution in [2.24, 2.45) is 0 Å². The number of hydrogen-bond acceptors (Lipinski definition) is 4. The molecule has 164 valence electrons. The second kappa shape index (κ2) is 8.07. The summed E-state index contributed by atoms with van der Waals surface area (Å²) in [5.41, 5.74) is 2.98. The number of hydrogen-bond donors (Lipinski definition) is 1. The van der Waals surface area contributed by atoms with Crippen LogP contribution >= 0.6 is 0 Å². The van der Waals surface area contributed by atoms with E-state index >= 15 is 0 Å². The zero-order chi connectivity index (χ0) is 22.2. The van der Waals surface area contributed by atoms with Gasteiger partial charge in [-0.25, -0.2) is 0 Å². The Morgan fingerprint density at radius 1 is 1.00 bits per heavy atom. The molecule has 7 nitrogen and oxygen atoms in total. The molecule has 0 unspecified atom stereocenters. The van der Waals surface area contributed by atoms with Gasteiger partial charge in [0.25, 0.3) is 11.5 Å². The molecule has 32 heavy (non-hydrogen) atoms. The maximum absolute atomic E-state index is 13.2. The third-order valence-electron chi connectivity index (χ3n) is 5.86. The van der Waals surface area contributed by atoms with E-state index in [1.54, 1.807) is 12.1 Å². The number of nitrogens with one attached hydrogen (secondary N) is 1. The van der Waals surface area contributed by atoms with Crippen LogP contribution in [0, 0.1) is 0 Å². The topological polar surface area (TPSA) is 70.0 Å². The molecule has 1 fully saturated rings. The van der Waals surface area contributed by atoms with Gasteiger partial charge in [-0.05, 0) is 56.3 Å². The van der Waals surface area contributed by atoms with Crippen molar-refractivity contribution in [3.8, 4) is 5.75 Å². The van der Waals surface area contributed by atoms with Crippen LogP contribution in [0.15, 0.2) is 65.6 Å². The number of nitrogens with zero attached hydrogens (tertiary/aromatic N) is 3. The number of ether oxygens (including phenoxy) is 1. The first-order valence-corrected chi connectivity index (χ1v) is 10.9. The van der Waals surface area contributed by atoms with Crippen molar-refractivity contribution in [2.75, 3.05) is 31.1 Å². The summed E-state index contributed by atoms with van der Waals surface area (Å²) >= 11 is 0. The Bertz CT molecular complexity index is 1330. The van der Waals surface area contributed by atoms with Gasteiger partial charge in [-0.15, -0.1) is 0 Å². The summed E-state index contributed by atoms with van der Waals surface area (Å²) in [5.74, 6) is 0.850. The van der Waals surface area contributed by atoms with Crippen molar-refractivity contribution >= 4 is 28.1 Å². The number of carbonyl (C=O) groups is 1. The first kappa shape index (κ1) is 20.2. The lowest BCUT2D eigenvalue weighted by Gasteiger charge is -2.36. The Morgan fingerprint density at radius 3 is 2.44 bits per heavy atom. The van der Waals surface area contributed by atoms with Gasteiger partial charge in [0.1, 0.15) is 11.4 Å². The fourth-order valence-electron chi connectivity index (χ4n) is 4.29. The Hall–Kier alpha value is -3.74. The third kappa shape index (κ3) is 3.70. The molecule has 1 aliphatic rings. The molecular weight excluding hydrogens is 404 g/mol. The standard InChI is InChI=1S/C25H26N4O3/c1-17(2)32-20-9-7-19(8-10-20)27-11-13-28(14-12-27)25(31)18-15-23-26-24(30)21-5-3-4-6-22(21)29(23)16-18/h3-10,15-17H,11-14H2,1-2H3,(H,26,30). The number of rotatable bonds is 4.